The standard InChI is InChI=1S/C19H31N3O4/c1-3-15-19(26-16(23)20-15)6-9-21(10-7-19)14-11-18(12-14)5-8-22(13-18)17(24)25-4-2/h14-15H,3-13H2,1-2H3,(H,20,23). The fraction of sp³-hybridized carbons (Fsp3) is 0.895. The Balaban J connectivity index is 1.28. The maximum atomic E-state index is 11.9. The van der Waals surface area contributed by atoms with Gasteiger partial charge in [0.05, 0.1) is 12.6 Å². The molecule has 1 saturated carbocycles. The molecular formula is C19H31N3O4. The van der Waals surface area contributed by atoms with E-state index in [0.29, 0.717) is 18.1 Å². The van der Waals surface area contributed by atoms with Crippen LogP contribution in [0.2, 0.25) is 0 Å². The van der Waals surface area contributed by atoms with Gasteiger partial charge in [-0.2, -0.15) is 0 Å². The molecule has 0 aromatic rings. The molecule has 0 bridgehead atoms. The summed E-state index contributed by atoms with van der Waals surface area (Å²) in [6, 6.07) is 0.762. The molecule has 1 aliphatic carbocycles. The lowest BCUT2D eigenvalue weighted by Crippen LogP contribution is -2.58. The van der Waals surface area contributed by atoms with Gasteiger partial charge < -0.3 is 24.6 Å². The van der Waals surface area contributed by atoms with E-state index in [4.69, 9.17) is 9.47 Å². The average molecular weight is 365 g/mol. The van der Waals surface area contributed by atoms with Crippen LogP contribution in [0.3, 0.4) is 0 Å². The average Bonchev–Trinajstić information content (AvgIpc) is 3.17. The van der Waals surface area contributed by atoms with E-state index in [1.807, 2.05) is 11.8 Å². The molecule has 3 saturated heterocycles. The number of nitrogens with one attached hydrogen (secondary N) is 1. The zero-order valence-corrected chi connectivity index (χ0v) is 16.0. The van der Waals surface area contributed by atoms with Crippen molar-refractivity contribution in [2.24, 2.45) is 5.41 Å². The van der Waals surface area contributed by atoms with Gasteiger partial charge in [-0.15, -0.1) is 0 Å². The van der Waals surface area contributed by atoms with E-state index in [0.717, 1.165) is 51.9 Å². The number of piperidine rings is 1. The fourth-order valence-electron chi connectivity index (χ4n) is 5.59. The molecule has 1 unspecified atom stereocenters. The van der Waals surface area contributed by atoms with E-state index in [1.165, 1.54) is 12.8 Å². The fourth-order valence-corrected chi connectivity index (χ4v) is 5.59. The first-order valence-corrected chi connectivity index (χ1v) is 10.1. The van der Waals surface area contributed by atoms with Gasteiger partial charge in [0, 0.05) is 45.1 Å². The SMILES string of the molecule is CCOC(=O)N1CCC2(CC(N3CCC4(CC3)OC(=O)NC4CC)C2)C1. The van der Waals surface area contributed by atoms with Crippen LogP contribution in [0, 0.1) is 5.41 Å². The van der Waals surface area contributed by atoms with E-state index >= 15 is 0 Å². The molecule has 2 amide bonds. The van der Waals surface area contributed by atoms with E-state index in [2.05, 4.69) is 17.1 Å². The third kappa shape index (κ3) is 2.94. The summed E-state index contributed by atoms with van der Waals surface area (Å²) in [5.74, 6) is 0. The summed E-state index contributed by atoms with van der Waals surface area (Å²) in [7, 11) is 0. The summed E-state index contributed by atoms with van der Waals surface area (Å²) in [4.78, 5) is 28.1. The lowest BCUT2D eigenvalue weighted by atomic mass is 9.64. The minimum atomic E-state index is -0.294. The minimum Gasteiger partial charge on any atom is -0.450 e. The largest absolute Gasteiger partial charge is 0.450 e. The molecule has 0 aromatic carbocycles. The predicted molar refractivity (Wildman–Crippen MR) is 95.9 cm³/mol. The molecule has 146 valence electrons. The third-order valence-electron chi connectivity index (χ3n) is 7.09. The second-order valence-electron chi connectivity index (χ2n) is 8.53. The minimum absolute atomic E-state index is 0.151. The first-order chi connectivity index (χ1) is 12.5. The van der Waals surface area contributed by atoms with Crippen LogP contribution in [0.5, 0.6) is 0 Å². The van der Waals surface area contributed by atoms with Gasteiger partial charge in [0.2, 0.25) is 0 Å². The van der Waals surface area contributed by atoms with Crippen molar-refractivity contribution in [3.05, 3.63) is 0 Å². The quantitative estimate of drug-likeness (QED) is 0.831. The van der Waals surface area contributed by atoms with Crippen molar-refractivity contribution < 1.29 is 19.1 Å². The molecule has 1 atom stereocenters. The molecule has 4 rings (SSSR count). The highest BCUT2D eigenvalue weighted by Crippen LogP contribution is 2.51. The van der Waals surface area contributed by atoms with Crippen LogP contribution < -0.4 is 5.32 Å². The second-order valence-corrected chi connectivity index (χ2v) is 8.53. The van der Waals surface area contributed by atoms with E-state index in [9.17, 15) is 9.59 Å². The maximum absolute atomic E-state index is 11.9. The Bertz CT molecular complexity index is 567. The van der Waals surface area contributed by atoms with Gasteiger partial charge >= 0.3 is 12.2 Å². The smallest absolute Gasteiger partial charge is 0.409 e. The number of nitrogens with zero attached hydrogens (tertiary/aromatic N) is 2. The van der Waals surface area contributed by atoms with Crippen molar-refractivity contribution in [2.75, 3.05) is 32.8 Å². The van der Waals surface area contributed by atoms with Gasteiger partial charge in [0.15, 0.2) is 0 Å². The van der Waals surface area contributed by atoms with Crippen LogP contribution >= 0.6 is 0 Å². The lowest BCUT2D eigenvalue weighted by molar-refractivity contribution is -0.0614. The number of likely N-dealkylation sites (tertiary alicyclic amines) is 2. The number of carbonyl (C=O) groups excluding carboxylic acids is 2. The second kappa shape index (κ2) is 6.59. The number of alkyl carbamates (subject to hydrolysis) is 1. The summed E-state index contributed by atoms with van der Waals surface area (Å²) >= 11 is 0. The highest BCUT2D eigenvalue weighted by Gasteiger charge is 2.54. The molecule has 0 aromatic heterocycles. The molecular weight excluding hydrogens is 334 g/mol. The molecule has 26 heavy (non-hydrogen) atoms. The first kappa shape index (κ1) is 17.9. The van der Waals surface area contributed by atoms with Crippen LogP contribution in [-0.4, -0.2) is 72.5 Å². The van der Waals surface area contributed by atoms with Gasteiger partial charge in [-0.3, -0.25) is 0 Å². The number of amides is 2. The summed E-state index contributed by atoms with van der Waals surface area (Å²) in [5, 5.41) is 2.97. The Hall–Kier alpha value is -1.50. The number of hydrogen-bond donors (Lipinski definition) is 1. The van der Waals surface area contributed by atoms with Crippen LogP contribution in [0.15, 0.2) is 0 Å². The predicted octanol–water partition coefficient (Wildman–Crippen LogP) is 2.35. The van der Waals surface area contributed by atoms with Crippen LogP contribution in [0.1, 0.15) is 52.4 Å². The molecule has 1 N–H and O–H groups in total. The van der Waals surface area contributed by atoms with Crippen LogP contribution in [0.4, 0.5) is 9.59 Å². The highest BCUT2D eigenvalue weighted by molar-refractivity contribution is 5.71. The van der Waals surface area contributed by atoms with Gasteiger partial charge in [0.1, 0.15) is 5.60 Å². The molecule has 3 heterocycles. The molecule has 4 fully saturated rings. The van der Waals surface area contributed by atoms with E-state index < -0.39 is 0 Å². The Labute approximate surface area is 155 Å². The van der Waals surface area contributed by atoms with Crippen molar-refractivity contribution in [3.63, 3.8) is 0 Å². The third-order valence-corrected chi connectivity index (χ3v) is 7.09. The summed E-state index contributed by atoms with van der Waals surface area (Å²) in [6.07, 6.45) is 5.79. The van der Waals surface area contributed by atoms with E-state index in [1.54, 1.807) is 0 Å². The number of hydrogen-bond acceptors (Lipinski definition) is 5. The molecule has 4 aliphatic rings. The van der Waals surface area contributed by atoms with Gasteiger partial charge in [-0.25, -0.2) is 9.59 Å². The van der Waals surface area contributed by atoms with Gasteiger partial charge in [-0.1, -0.05) is 6.92 Å². The van der Waals surface area contributed by atoms with Crippen molar-refractivity contribution in [1.29, 1.82) is 0 Å². The summed E-state index contributed by atoms with van der Waals surface area (Å²) < 4.78 is 10.8. The first-order valence-electron chi connectivity index (χ1n) is 10.1. The van der Waals surface area contributed by atoms with Crippen molar-refractivity contribution in [3.8, 4) is 0 Å². The normalized spacial score (nSPS) is 36.1. The monoisotopic (exact) mass is 365 g/mol. The zero-order valence-electron chi connectivity index (χ0n) is 16.0. The van der Waals surface area contributed by atoms with Crippen LogP contribution in [-0.2, 0) is 9.47 Å². The number of carbonyl (C=O) groups is 2. The maximum Gasteiger partial charge on any atom is 0.409 e. The molecule has 7 nitrogen and oxygen atoms in total. The highest BCUT2D eigenvalue weighted by atomic mass is 16.6. The van der Waals surface area contributed by atoms with Crippen LogP contribution in [0.25, 0.3) is 0 Å². The van der Waals surface area contributed by atoms with Crippen molar-refractivity contribution in [1.82, 2.24) is 15.1 Å². The summed E-state index contributed by atoms with van der Waals surface area (Å²) in [5.41, 5.74) is 0.0116. The van der Waals surface area contributed by atoms with Crippen molar-refractivity contribution >= 4 is 12.2 Å². The molecule has 2 spiro atoms. The van der Waals surface area contributed by atoms with Crippen molar-refractivity contribution in [2.45, 2.75) is 70.1 Å². The van der Waals surface area contributed by atoms with Gasteiger partial charge in [-0.05, 0) is 38.0 Å². The zero-order chi connectivity index (χ0) is 18.4. The van der Waals surface area contributed by atoms with Gasteiger partial charge in [0.25, 0.3) is 0 Å². The number of rotatable bonds is 3. The Morgan fingerprint density at radius 1 is 1.23 bits per heavy atom. The lowest BCUT2D eigenvalue weighted by Gasteiger charge is -2.52. The topological polar surface area (TPSA) is 71.1 Å². The summed E-state index contributed by atoms with van der Waals surface area (Å²) in [6.45, 7) is 8.07. The number of ether oxygens (including phenoxy) is 2. The Morgan fingerprint density at radius 2 is 1.96 bits per heavy atom. The molecule has 0 radical (unpaired) electrons. The van der Waals surface area contributed by atoms with E-state index in [-0.39, 0.29) is 23.8 Å². The molecule has 3 aliphatic heterocycles. The molecule has 7 heteroatoms. The Kier molecular flexibility index (Phi) is 4.53. The Morgan fingerprint density at radius 3 is 2.62 bits per heavy atom.